The van der Waals surface area contributed by atoms with E-state index in [0.717, 1.165) is 6.42 Å². The first-order chi connectivity index (χ1) is 11.2. The number of ketones is 1. The van der Waals surface area contributed by atoms with E-state index in [4.69, 9.17) is 23.2 Å². The molecular formula is C17H18Cl2N2O3. The van der Waals surface area contributed by atoms with Crippen molar-refractivity contribution in [1.82, 2.24) is 10.9 Å². The summed E-state index contributed by atoms with van der Waals surface area (Å²) < 4.78 is 0. The van der Waals surface area contributed by atoms with Gasteiger partial charge in [0.2, 0.25) is 0 Å². The van der Waals surface area contributed by atoms with Crippen LogP contribution in [0.5, 0.6) is 0 Å². The number of benzene rings is 1. The quantitative estimate of drug-likeness (QED) is 0.621. The molecule has 1 aromatic rings. The summed E-state index contributed by atoms with van der Waals surface area (Å²) in [5.74, 6) is -0.820. The van der Waals surface area contributed by atoms with Gasteiger partial charge < -0.3 is 0 Å². The fourth-order valence-corrected chi connectivity index (χ4v) is 4.45. The fraction of sp³-hybridized carbons (Fsp3) is 0.471. The molecule has 2 atom stereocenters. The van der Waals surface area contributed by atoms with E-state index in [2.05, 4.69) is 10.9 Å². The molecule has 0 aliphatic heterocycles. The van der Waals surface area contributed by atoms with Crippen LogP contribution in [-0.2, 0) is 9.59 Å². The number of hydrazine groups is 1. The lowest BCUT2D eigenvalue weighted by molar-refractivity contribution is -0.145. The highest BCUT2D eigenvalue weighted by Gasteiger charge is 2.65. The summed E-state index contributed by atoms with van der Waals surface area (Å²) in [6.45, 7) is 3.78. The number of carbonyl (C=O) groups excluding carboxylic acids is 3. The Morgan fingerprint density at radius 3 is 2.50 bits per heavy atom. The summed E-state index contributed by atoms with van der Waals surface area (Å²) in [4.78, 5) is 37.4. The predicted molar refractivity (Wildman–Crippen MR) is 90.6 cm³/mol. The molecule has 0 heterocycles. The third-order valence-corrected chi connectivity index (χ3v) is 6.00. The minimum atomic E-state index is -1.02. The Labute approximate surface area is 150 Å². The standard InChI is InChI=1S/C17H18Cl2N2O3/c1-16(2)9-5-6-17(8-9,14(16)23)15(24)21-20-13(22)11-4-3-10(18)7-12(11)19/h3-4,7,9H,5-6,8H2,1-2H3,(H,20,22)(H,21,24). The van der Waals surface area contributed by atoms with E-state index in [-0.39, 0.29) is 22.3 Å². The lowest BCUT2D eigenvalue weighted by Crippen LogP contribution is -2.52. The van der Waals surface area contributed by atoms with Gasteiger partial charge in [-0.1, -0.05) is 37.0 Å². The maximum absolute atomic E-state index is 12.6. The van der Waals surface area contributed by atoms with Crippen LogP contribution in [0.15, 0.2) is 18.2 Å². The lowest BCUT2D eigenvalue weighted by atomic mass is 9.70. The minimum Gasteiger partial charge on any atom is -0.298 e. The highest BCUT2D eigenvalue weighted by atomic mass is 35.5. The third-order valence-electron chi connectivity index (χ3n) is 5.45. The number of rotatable bonds is 2. The van der Waals surface area contributed by atoms with Crippen LogP contribution in [0.2, 0.25) is 10.0 Å². The second-order valence-corrected chi connectivity index (χ2v) is 7.95. The van der Waals surface area contributed by atoms with Crippen LogP contribution in [0.25, 0.3) is 0 Å². The number of halogens is 2. The number of hydrogen-bond acceptors (Lipinski definition) is 3. The number of amides is 2. The van der Waals surface area contributed by atoms with Crippen LogP contribution >= 0.6 is 23.2 Å². The van der Waals surface area contributed by atoms with Gasteiger partial charge in [0.1, 0.15) is 5.41 Å². The zero-order valence-corrected chi connectivity index (χ0v) is 14.9. The summed E-state index contributed by atoms with van der Waals surface area (Å²) in [5, 5.41) is 0.599. The van der Waals surface area contributed by atoms with Crippen molar-refractivity contribution in [3.8, 4) is 0 Å². The zero-order valence-electron chi connectivity index (χ0n) is 13.4. The van der Waals surface area contributed by atoms with Gasteiger partial charge in [-0.05, 0) is 43.4 Å². The van der Waals surface area contributed by atoms with Gasteiger partial charge in [-0.25, -0.2) is 0 Å². The van der Waals surface area contributed by atoms with Crippen molar-refractivity contribution in [2.24, 2.45) is 16.7 Å². The molecule has 2 N–H and O–H groups in total. The minimum absolute atomic E-state index is 0.0393. The summed E-state index contributed by atoms with van der Waals surface area (Å²) in [7, 11) is 0. The SMILES string of the molecule is CC1(C)C(=O)C2(C(=O)NNC(=O)c3ccc(Cl)cc3Cl)CCC1C2. The maximum Gasteiger partial charge on any atom is 0.271 e. The topological polar surface area (TPSA) is 75.3 Å². The first-order valence-corrected chi connectivity index (χ1v) is 8.55. The number of Topliss-reactive ketones (excluding diaryl/α,β-unsaturated/α-hetero) is 1. The van der Waals surface area contributed by atoms with Crippen molar-refractivity contribution in [2.45, 2.75) is 33.1 Å². The number of fused-ring (bicyclic) bond motifs is 2. The molecule has 0 saturated heterocycles. The first kappa shape index (κ1) is 17.2. The van der Waals surface area contributed by atoms with Crippen LogP contribution in [-0.4, -0.2) is 17.6 Å². The molecule has 2 fully saturated rings. The predicted octanol–water partition coefficient (Wildman–Crippen LogP) is 3.15. The van der Waals surface area contributed by atoms with Crippen molar-refractivity contribution in [2.75, 3.05) is 0 Å². The highest BCUT2D eigenvalue weighted by Crippen LogP contribution is 2.60. The van der Waals surface area contributed by atoms with Gasteiger partial charge in [-0.3, -0.25) is 25.2 Å². The molecule has 2 aliphatic carbocycles. The smallest absolute Gasteiger partial charge is 0.271 e. The Hall–Kier alpha value is -1.59. The lowest BCUT2D eigenvalue weighted by Gasteiger charge is -2.32. The van der Waals surface area contributed by atoms with Crippen molar-refractivity contribution >= 4 is 40.8 Å². The second kappa shape index (κ2) is 5.74. The molecule has 0 radical (unpaired) electrons. The molecule has 2 bridgehead atoms. The van der Waals surface area contributed by atoms with E-state index < -0.39 is 22.6 Å². The second-order valence-electron chi connectivity index (χ2n) is 7.11. The number of nitrogens with one attached hydrogen (secondary N) is 2. The molecule has 2 amide bonds. The maximum atomic E-state index is 12.6. The molecule has 3 rings (SSSR count). The van der Waals surface area contributed by atoms with E-state index in [1.165, 1.54) is 18.2 Å². The van der Waals surface area contributed by atoms with Gasteiger partial charge in [0.15, 0.2) is 5.78 Å². The van der Waals surface area contributed by atoms with Crippen molar-refractivity contribution in [3.63, 3.8) is 0 Å². The molecule has 128 valence electrons. The summed E-state index contributed by atoms with van der Waals surface area (Å²) in [5.41, 5.74) is 3.43. The number of carbonyl (C=O) groups is 3. The normalized spacial score (nSPS) is 27.2. The van der Waals surface area contributed by atoms with Crippen LogP contribution < -0.4 is 10.9 Å². The van der Waals surface area contributed by atoms with E-state index >= 15 is 0 Å². The Morgan fingerprint density at radius 1 is 1.21 bits per heavy atom. The summed E-state index contributed by atoms with van der Waals surface area (Å²) in [6, 6.07) is 4.45. The molecule has 2 unspecified atom stereocenters. The van der Waals surface area contributed by atoms with E-state index in [9.17, 15) is 14.4 Å². The molecule has 0 spiro atoms. The average Bonchev–Trinajstić information content (AvgIpc) is 3.04. The molecular weight excluding hydrogens is 351 g/mol. The first-order valence-electron chi connectivity index (χ1n) is 7.79. The van der Waals surface area contributed by atoms with Gasteiger partial charge in [0.05, 0.1) is 10.6 Å². The van der Waals surface area contributed by atoms with E-state index in [1.807, 2.05) is 13.8 Å². The van der Waals surface area contributed by atoms with Gasteiger partial charge in [-0.15, -0.1) is 0 Å². The van der Waals surface area contributed by atoms with Crippen LogP contribution in [0.1, 0.15) is 43.5 Å². The highest BCUT2D eigenvalue weighted by molar-refractivity contribution is 6.36. The molecule has 0 aromatic heterocycles. The van der Waals surface area contributed by atoms with Crippen molar-refractivity contribution < 1.29 is 14.4 Å². The Morgan fingerprint density at radius 2 is 1.92 bits per heavy atom. The Bertz CT molecular complexity index is 747. The zero-order chi connectivity index (χ0) is 17.7. The summed E-state index contributed by atoms with van der Waals surface area (Å²) in [6.07, 6.45) is 1.93. The van der Waals surface area contributed by atoms with Gasteiger partial charge >= 0.3 is 0 Å². The average molecular weight is 369 g/mol. The van der Waals surface area contributed by atoms with Crippen LogP contribution in [0.4, 0.5) is 0 Å². The third kappa shape index (κ3) is 2.50. The van der Waals surface area contributed by atoms with Gasteiger partial charge in [-0.2, -0.15) is 0 Å². The van der Waals surface area contributed by atoms with Crippen LogP contribution in [0, 0.1) is 16.7 Å². The fourth-order valence-electron chi connectivity index (χ4n) is 3.95. The molecule has 5 nitrogen and oxygen atoms in total. The van der Waals surface area contributed by atoms with E-state index in [1.54, 1.807) is 0 Å². The molecule has 1 aromatic carbocycles. The molecule has 2 saturated carbocycles. The monoisotopic (exact) mass is 368 g/mol. The Balaban J connectivity index is 1.70. The molecule has 7 heteroatoms. The summed E-state index contributed by atoms with van der Waals surface area (Å²) >= 11 is 11.8. The van der Waals surface area contributed by atoms with Crippen LogP contribution in [0.3, 0.4) is 0 Å². The molecule has 2 aliphatic rings. The van der Waals surface area contributed by atoms with E-state index in [0.29, 0.717) is 17.9 Å². The Kier molecular flexibility index (Phi) is 4.12. The van der Waals surface area contributed by atoms with Crippen molar-refractivity contribution in [1.29, 1.82) is 0 Å². The largest absolute Gasteiger partial charge is 0.298 e. The molecule has 24 heavy (non-hydrogen) atoms. The van der Waals surface area contributed by atoms with Gasteiger partial charge in [0.25, 0.3) is 11.8 Å². The van der Waals surface area contributed by atoms with Crippen molar-refractivity contribution in [3.05, 3.63) is 33.8 Å². The van der Waals surface area contributed by atoms with Gasteiger partial charge in [0, 0.05) is 10.4 Å². The number of hydrogen-bond donors (Lipinski definition) is 2.